The van der Waals surface area contributed by atoms with E-state index in [2.05, 4.69) is 12.2 Å². The Hall–Kier alpha value is -0.730. The fourth-order valence-corrected chi connectivity index (χ4v) is 0.763. The normalized spacial score (nSPS) is 8.25. The topological polar surface area (TPSA) is 55.1 Å². The SMILES string of the molecule is CC.CCCCCCNC(N)=O. The van der Waals surface area contributed by atoms with Crippen molar-refractivity contribution in [2.75, 3.05) is 6.54 Å². The minimum Gasteiger partial charge on any atom is -0.352 e. The number of nitrogens with two attached hydrogens (primary N) is 1. The van der Waals surface area contributed by atoms with Crippen LogP contribution in [0.3, 0.4) is 0 Å². The summed E-state index contributed by atoms with van der Waals surface area (Å²) in [6.07, 6.45) is 4.67. The van der Waals surface area contributed by atoms with Gasteiger partial charge in [-0.1, -0.05) is 40.0 Å². The van der Waals surface area contributed by atoms with Gasteiger partial charge in [-0.05, 0) is 6.42 Å². The molecule has 3 N–H and O–H groups in total. The van der Waals surface area contributed by atoms with Gasteiger partial charge in [-0.25, -0.2) is 4.79 Å². The smallest absolute Gasteiger partial charge is 0.312 e. The summed E-state index contributed by atoms with van der Waals surface area (Å²) in [5, 5.41) is 2.54. The van der Waals surface area contributed by atoms with Gasteiger partial charge in [0, 0.05) is 6.54 Å². The van der Waals surface area contributed by atoms with E-state index in [-0.39, 0.29) is 0 Å². The number of amides is 2. The van der Waals surface area contributed by atoms with Crippen LogP contribution in [0.25, 0.3) is 0 Å². The van der Waals surface area contributed by atoms with E-state index in [9.17, 15) is 4.79 Å². The Labute approximate surface area is 75.7 Å². The number of carbonyl (C=O) groups excluding carboxylic acids is 1. The highest BCUT2D eigenvalue weighted by Gasteiger charge is 1.89. The number of hydrogen-bond acceptors (Lipinski definition) is 1. The van der Waals surface area contributed by atoms with Crippen molar-refractivity contribution in [3.63, 3.8) is 0 Å². The first-order chi connectivity index (χ1) is 5.77. The van der Waals surface area contributed by atoms with Crippen LogP contribution in [-0.2, 0) is 0 Å². The van der Waals surface area contributed by atoms with Crippen LogP contribution in [0.15, 0.2) is 0 Å². The highest BCUT2D eigenvalue weighted by molar-refractivity contribution is 5.71. The average molecular weight is 174 g/mol. The van der Waals surface area contributed by atoms with Gasteiger partial charge >= 0.3 is 6.03 Å². The van der Waals surface area contributed by atoms with Crippen molar-refractivity contribution >= 4 is 6.03 Å². The summed E-state index contributed by atoms with van der Waals surface area (Å²) in [4.78, 5) is 10.1. The molecule has 3 nitrogen and oxygen atoms in total. The lowest BCUT2D eigenvalue weighted by Crippen LogP contribution is -2.29. The second kappa shape index (κ2) is 12.9. The molecule has 0 bridgehead atoms. The highest BCUT2D eigenvalue weighted by Crippen LogP contribution is 1.96. The summed E-state index contributed by atoms with van der Waals surface area (Å²) in [7, 11) is 0. The van der Waals surface area contributed by atoms with E-state index < -0.39 is 6.03 Å². The number of urea groups is 1. The van der Waals surface area contributed by atoms with Crippen LogP contribution in [0.1, 0.15) is 46.5 Å². The van der Waals surface area contributed by atoms with E-state index in [0.29, 0.717) is 0 Å². The van der Waals surface area contributed by atoms with Crippen molar-refractivity contribution in [1.29, 1.82) is 0 Å². The number of rotatable bonds is 5. The molecule has 0 saturated heterocycles. The van der Waals surface area contributed by atoms with Crippen molar-refractivity contribution in [3.05, 3.63) is 0 Å². The average Bonchev–Trinajstić information content (AvgIpc) is 2.07. The molecule has 0 aromatic heterocycles. The van der Waals surface area contributed by atoms with Crippen LogP contribution >= 0.6 is 0 Å². The number of unbranched alkanes of at least 4 members (excludes halogenated alkanes) is 3. The van der Waals surface area contributed by atoms with Gasteiger partial charge in [-0.2, -0.15) is 0 Å². The molecule has 0 fully saturated rings. The second-order valence-electron chi connectivity index (χ2n) is 2.35. The van der Waals surface area contributed by atoms with Gasteiger partial charge in [0.05, 0.1) is 0 Å². The van der Waals surface area contributed by atoms with Crippen LogP contribution in [0.2, 0.25) is 0 Å². The molecule has 0 aromatic carbocycles. The van der Waals surface area contributed by atoms with E-state index in [1.165, 1.54) is 19.3 Å². The first-order valence-corrected chi connectivity index (χ1v) is 4.80. The summed E-state index contributed by atoms with van der Waals surface area (Å²) >= 11 is 0. The molecule has 0 spiro atoms. The maximum absolute atomic E-state index is 10.1. The highest BCUT2D eigenvalue weighted by atomic mass is 16.2. The van der Waals surface area contributed by atoms with E-state index in [1.807, 2.05) is 13.8 Å². The first kappa shape index (κ1) is 13.8. The van der Waals surface area contributed by atoms with Gasteiger partial charge in [0.2, 0.25) is 0 Å². The van der Waals surface area contributed by atoms with E-state index >= 15 is 0 Å². The predicted molar refractivity (Wildman–Crippen MR) is 53.1 cm³/mol. The maximum Gasteiger partial charge on any atom is 0.312 e. The third-order valence-corrected chi connectivity index (χ3v) is 1.33. The van der Waals surface area contributed by atoms with Crippen molar-refractivity contribution in [3.8, 4) is 0 Å². The summed E-state index contributed by atoms with van der Waals surface area (Å²) in [6, 6.07) is -0.420. The summed E-state index contributed by atoms with van der Waals surface area (Å²) < 4.78 is 0. The lowest BCUT2D eigenvalue weighted by molar-refractivity contribution is 0.248. The Morgan fingerprint density at radius 2 is 1.83 bits per heavy atom. The Morgan fingerprint density at radius 1 is 1.25 bits per heavy atom. The van der Waals surface area contributed by atoms with Gasteiger partial charge in [0.15, 0.2) is 0 Å². The van der Waals surface area contributed by atoms with Crippen LogP contribution < -0.4 is 11.1 Å². The molecule has 2 amide bonds. The fraction of sp³-hybridized carbons (Fsp3) is 0.889. The molecule has 0 saturated carbocycles. The third-order valence-electron chi connectivity index (χ3n) is 1.33. The summed E-state index contributed by atoms with van der Waals surface area (Å²) in [5.74, 6) is 0. The van der Waals surface area contributed by atoms with E-state index in [1.54, 1.807) is 0 Å². The molecule has 0 unspecified atom stereocenters. The lowest BCUT2D eigenvalue weighted by atomic mass is 10.2. The number of primary amides is 1. The van der Waals surface area contributed by atoms with Crippen LogP contribution in [0.4, 0.5) is 4.79 Å². The second-order valence-corrected chi connectivity index (χ2v) is 2.35. The van der Waals surface area contributed by atoms with Gasteiger partial charge in [-0.3, -0.25) is 0 Å². The number of carbonyl (C=O) groups is 1. The van der Waals surface area contributed by atoms with Crippen LogP contribution in [-0.4, -0.2) is 12.6 Å². The zero-order valence-corrected chi connectivity index (χ0v) is 8.52. The van der Waals surface area contributed by atoms with Crippen molar-refractivity contribution < 1.29 is 4.79 Å². The molecule has 0 atom stereocenters. The molecule has 74 valence electrons. The van der Waals surface area contributed by atoms with Gasteiger partial charge in [-0.15, -0.1) is 0 Å². The fourth-order valence-electron chi connectivity index (χ4n) is 0.763. The summed E-state index contributed by atoms with van der Waals surface area (Å²) in [5.41, 5.74) is 4.86. The minimum absolute atomic E-state index is 0.420. The first-order valence-electron chi connectivity index (χ1n) is 4.80. The molecular formula is C9H22N2O. The summed E-state index contributed by atoms with van der Waals surface area (Å²) in [6.45, 7) is 6.87. The molecule has 0 heterocycles. The largest absolute Gasteiger partial charge is 0.352 e. The molecule has 3 heteroatoms. The minimum atomic E-state index is -0.420. The Kier molecular flexibility index (Phi) is 14.9. The zero-order valence-electron chi connectivity index (χ0n) is 8.52. The molecule has 12 heavy (non-hydrogen) atoms. The quantitative estimate of drug-likeness (QED) is 0.617. The Bertz CT molecular complexity index is 94.5. The van der Waals surface area contributed by atoms with E-state index in [4.69, 9.17) is 5.73 Å². The Morgan fingerprint density at radius 3 is 2.25 bits per heavy atom. The lowest BCUT2D eigenvalue weighted by Gasteiger charge is -1.99. The van der Waals surface area contributed by atoms with Crippen LogP contribution in [0, 0.1) is 0 Å². The van der Waals surface area contributed by atoms with Crippen molar-refractivity contribution in [2.45, 2.75) is 46.5 Å². The molecule has 0 radical (unpaired) electrons. The van der Waals surface area contributed by atoms with E-state index in [0.717, 1.165) is 13.0 Å². The van der Waals surface area contributed by atoms with Crippen LogP contribution in [0.5, 0.6) is 0 Å². The number of nitrogens with one attached hydrogen (secondary N) is 1. The third kappa shape index (κ3) is 16.1. The molecule has 0 aliphatic carbocycles. The van der Waals surface area contributed by atoms with Crippen molar-refractivity contribution in [1.82, 2.24) is 5.32 Å². The molecule has 0 aliphatic heterocycles. The Balaban J connectivity index is 0. The van der Waals surface area contributed by atoms with Crippen molar-refractivity contribution in [2.24, 2.45) is 5.73 Å². The maximum atomic E-state index is 10.1. The number of hydrogen-bond donors (Lipinski definition) is 2. The monoisotopic (exact) mass is 174 g/mol. The molecule has 0 rings (SSSR count). The predicted octanol–water partition coefficient (Wildman–Crippen LogP) is 2.26. The molecule has 0 aliphatic rings. The molecule has 0 aromatic rings. The van der Waals surface area contributed by atoms with Gasteiger partial charge in [0.1, 0.15) is 0 Å². The van der Waals surface area contributed by atoms with Gasteiger partial charge in [0.25, 0.3) is 0 Å². The zero-order chi connectivity index (χ0) is 9.82. The molecular weight excluding hydrogens is 152 g/mol. The van der Waals surface area contributed by atoms with Gasteiger partial charge < -0.3 is 11.1 Å². The standard InChI is InChI=1S/C7H16N2O.C2H6/c1-2-3-4-5-6-9-7(8)10;1-2/h2-6H2,1H3,(H3,8,9,10);1-2H3.